The molecule has 2 aromatic rings. The first kappa shape index (κ1) is 13.3. The lowest BCUT2D eigenvalue weighted by Crippen LogP contribution is -2.45. The van der Waals surface area contributed by atoms with Gasteiger partial charge in [-0.15, -0.1) is 4.85 Å². The average Bonchev–Trinajstić information content (AvgIpc) is 2.78. The van der Waals surface area contributed by atoms with Crippen molar-refractivity contribution >= 4 is 11.2 Å². The molecule has 1 saturated heterocycles. The average molecular weight is 276 g/mol. The van der Waals surface area contributed by atoms with Crippen LogP contribution in [0.25, 0.3) is 11.2 Å². The largest absolute Gasteiger partial charge is 0.691 e. The molecule has 108 valence electrons. The summed E-state index contributed by atoms with van der Waals surface area (Å²) in [7, 11) is 4.01. The summed E-state index contributed by atoms with van der Waals surface area (Å²) in [5.41, 5.74) is 1.14. The van der Waals surface area contributed by atoms with Crippen molar-refractivity contribution in [2.24, 2.45) is 0 Å². The molecule has 1 atom stereocenters. The molecule has 2 aromatic heterocycles. The topological polar surface area (TPSA) is 64.1 Å². The molecular weight excluding hydrogens is 256 g/mol. The minimum Gasteiger partial charge on any atom is -0.691 e. The Kier molecular flexibility index (Phi) is 3.54. The minimum atomic E-state index is -0.0668. The molecule has 3 rings (SSSR count). The summed E-state index contributed by atoms with van der Waals surface area (Å²) in [5, 5.41) is 16.0. The quantitative estimate of drug-likeness (QED) is 0.606. The number of piperidine rings is 1. The third-order valence-corrected chi connectivity index (χ3v) is 3.76. The summed E-state index contributed by atoms with van der Waals surface area (Å²) in [5.74, 6) is 0. The molecule has 7 nitrogen and oxygen atoms in total. The lowest BCUT2D eigenvalue weighted by Gasteiger charge is -2.34. The molecule has 0 N–H and O–H groups in total. The molecule has 1 aliphatic rings. The Morgan fingerprint density at radius 2 is 2.05 bits per heavy atom. The zero-order valence-corrected chi connectivity index (χ0v) is 11.9. The zero-order chi connectivity index (χ0) is 14.1. The lowest BCUT2D eigenvalue weighted by molar-refractivity contribution is -0.647. The van der Waals surface area contributed by atoms with E-state index in [0.29, 0.717) is 16.0 Å². The number of hydrogen-bond donors (Lipinski definition) is 0. The van der Waals surface area contributed by atoms with Crippen LogP contribution in [0.3, 0.4) is 0 Å². The number of pyridine rings is 1. The molecule has 7 heteroatoms. The molecule has 0 aliphatic carbocycles. The highest BCUT2D eigenvalue weighted by atomic mass is 16.5. The predicted octanol–water partition coefficient (Wildman–Crippen LogP) is 0.568. The predicted molar refractivity (Wildman–Crippen MR) is 74.6 cm³/mol. The van der Waals surface area contributed by atoms with Crippen molar-refractivity contribution in [3.63, 3.8) is 0 Å². The van der Waals surface area contributed by atoms with Crippen LogP contribution in [0, 0.1) is 5.21 Å². The number of hydrogen-bond acceptors (Lipinski definition) is 5. The summed E-state index contributed by atoms with van der Waals surface area (Å²) in [6, 6.07) is 3.51. The Morgan fingerprint density at radius 1 is 1.30 bits per heavy atom. The fourth-order valence-corrected chi connectivity index (χ4v) is 2.90. The van der Waals surface area contributed by atoms with Gasteiger partial charge in [-0.2, -0.15) is 0 Å². The third-order valence-electron chi connectivity index (χ3n) is 3.76. The van der Waals surface area contributed by atoms with Crippen LogP contribution < -0.4 is 4.85 Å². The van der Waals surface area contributed by atoms with Crippen LogP contribution in [0.1, 0.15) is 25.6 Å². The number of nitrogens with zero attached hydrogens (tertiary/aromatic N) is 6. The Balaban J connectivity index is 2.05. The molecule has 3 heterocycles. The van der Waals surface area contributed by atoms with Crippen molar-refractivity contribution in [3.8, 4) is 0 Å². The Labute approximate surface area is 118 Å². The second kappa shape index (κ2) is 5.34. The van der Waals surface area contributed by atoms with Gasteiger partial charge >= 0.3 is 0 Å². The van der Waals surface area contributed by atoms with Gasteiger partial charge in [0.1, 0.15) is 0 Å². The normalized spacial score (nSPS) is 18.8. The summed E-state index contributed by atoms with van der Waals surface area (Å²) in [4.78, 5) is 9.41. The SMILES string of the molecule is CN(C)C(N1CCCCC1)n1n[n+]([O-])c2cccnc21. The van der Waals surface area contributed by atoms with Gasteiger partial charge in [0.2, 0.25) is 11.8 Å². The zero-order valence-electron chi connectivity index (χ0n) is 11.9. The van der Waals surface area contributed by atoms with Gasteiger partial charge in [-0.25, -0.2) is 9.88 Å². The van der Waals surface area contributed by atoms with Crippen LogP contribution in [-0.2, 0) is 0 Å². The van der Waals surface area contributed by atoms with Crippen molar-refractivity contribution in [2.45, 2.75) is 25.6 Å². The maximum atomic E-state index is 11.9. The maximum absolute atomic E-state index is 11.9. The molecule has 0 bridgehead atoms. The van der Waals surface area contributed by atoms with E-state index in [0.717, 1.165) is 13.1 Å². The van der Waals surface area contributed by atoms with Gasteiger partial charge in [0.25, 0.3) is 5.65 Å². The monoisotopic (exact) mass is 276 g/mol. The summed E-state index contributed by atoms with van der Waals surface area (Å²) >= 11 is 0. The van der Waals surface area contributed by atoms with Crippen LogP contribution in [-0.4, -0.2) is 51.9 Å². The van der Waals surface area contributed by atoms with Gasteiger partial charge in [0.05, 0.1) is 5.21 Å². The van der Waals surface area contributed by atoms with E-state index in [1.165, 1.54) is 19.3 Å². The van der Waals surface area contributed by atoms with Crippen molar-refractivity contribution < 1.29 is 4.85 Å². The molecule has 0 spiro atoms. The van der Waals surface area contributed by atoms with Crippen molar-refractivity contribution in [3.05, 3.63) is 23.5 Å². The van der Waals surface area contributed by atoms with Crippen LogP contribution >= 0.6 is 0 Å². The standard InChI is InChI=1S/C13H20N6O/c1-16(2)13(17-9-4-3-5-10-17)18-12-11(19(20)15-18)7-6-8-14-12/h6-8,13H,3-5,9-10H2,1-2H3. The molecule has 0 radical (unpaired) electrons. The third kappa shape index (κ3) is 2.23. The van der Waals surface area contributed by atoms with Gasteiger partial charge in [-0.1, -0.05) is 11.1 Å². The molecule has 1 fully saturated rings. The number of likely N-dealkylation sites (tertiary alicyclic amines) is 1. The van der Waals surface area contributed by atoms with Crippen molar-refractivity contribution in [1.82, 2.24) is 24.7 Å². The second-order valence-electron chi connectivity index (χ2n) is 5.46. The van der Waals surface area contributed by atoms with Crippen molar-refractivity contribution in [1.29, 1.82) is 0 Å². The van der Waals surface area contributed by atoms with E-state index in [1.807, 2.05) is 14.1 Å². The molecule has 1 unspecified atom stereocenters. The van der Waals surface area contributed by atoms with Crippen LogP contribution in [0.15, 0.2) is 18.3 Å². The van der Waals surface area contributed by atoms with E-state index in [-0.39, 0.29) is 6.29 Å². The maximum Gasteiger partial charge on any atom is 0.295 e. The van der Waals surface area contributed by atoms with Crippen LogP contribution in [0.2, 0.25) is 0 Å². The molecule has 0 aromatic carbocycles. The fraction of sp³-hybridized carbons (Fsp3) is 0.615. The Bertz CT molecular complexity index is 590. The Hall–Kier alpha value is -1.73. The fourth-order valence-electron chi connectivity index (χ4n) is 2.90. The van der Waals surface area contributed by atoms with E-state index in [4.69, 9.17) is 0 Å². The minimum absolute atomic E-state index is 0.0668. The highest BCUT2D eigenvalue weighted by Gasteiger charge is 2.32. The second-order valence-corrected chi connectivity index (χ2v) is 5.46. The first-order chi connectivity index (χ1) is 9.68. The highest BCUT2D eigenvalue weighted by Crippen LogP contribution is 2.22. The summed E-state index contributed by atoms with van der Waals surface area (Å²) in [6.45, 7) is 2.05. The van der Waals surface area contributed by atoms with Crippen molar-refractivity contribution in [2.75, 3.05) is 27.2 Å². The summed E-state index contributed by atoms with van der Waals surface area (Å²) in [6.07, 6.45) is 5.28. The Morgan fingerprint density at radius 3 is 2.75 bits per heavy atom. The molecule has 1 aliphatic heterocycles. The summed E-state index contributed by atoms with van der Waals surface area (Å²) < 4.78 is 1.73. The number of rotatable bonds is 3. The van der Waals surface area contributed by atoms with Gasteiger partial charge in [-0.3, -0.25) is 4.90 Å². The van der Waals surface area contributed by atoms with Gasteiger partial charge in [0, 0.05) is 19.3 Å². The first-order valence-electron chi connectivity index (χ1n) is 7.02. The molecule has 20 heavy (non-hydrogen) atoms. The number of aromatic nitrogens is 4. The van der Waals surface area contributed by atoms with Gasteiger partial charge in [0.15, 0.2) is 0 Å². The molecule has 0 amide bonds. The van der Waals surface area contributed by atoms with Gasteiger partial charge in [-0.05, 0) is 39.1 Å². The van der Waals surface area contributed by atoms with Crippen LogP contribution in [0.5, 0.6) is 0 Å². The molecule has 0 saturated carbocycles. The highest BCUT2D eigenvalue weighted by molar-refractivity contribution is 5.65. The van der Waals surface area contributed by atoms with E-state index < -0.39 is 0 Å². The van der Waals surface area contributed by atoms with E-state index in [9.17, 15) is 5.21 Å². The number of fused-ring (bicyclic) bond motifs is 1. The van der Waals surface area contributed by atoms with E-state index in [1.54, 1.807) is 23.0 Å². The van der Waals surface area contributed by atoms with Crippen LogP contribution in [0.4, 0.5) is 0 Å². The smallest absolute Gasteiger partial charge is 0.295 e. The van der Waals surface area contributed by atoms with E-state index >= 15 is 0 Å². The van der Waals surface area contributed by atoms with E-state index in [2.05, 4.69) is 20.0 Å². The lowest BCUT2D eigenvalue weighted by atomic mass is 10.1. The molecular formula is C13H20N6O. The first-order valence-corrected chi connectivity index (χ1v) is 7.02. The van der Waals surface area contributed by atoms with Gasteiger partial charge < -0.3 is 5.21 Å².